The molecule has 2 saturated heterocycles. The fourth-order valence-corrected chi connectivity index (χ4v) is 11.1. The Bertz CT molecular complexity index is 3050. The summed E-state index contributed by atoms with van der Waals surface area (Å²) in [6, 6.07) is 8.20. The van der Waals surface area contributed by atoms with Gasteiger partial charge >= 0.3 is 6.09 Å². The highest BCUT2D eigenvalue weighted by Gasteiger charge is 2.26. The van der Waals surface area contributed by atoms with E-state index in [1.54, 1.807) is 39.9 Å². The van der Waals surface area contributed by atoms with Crippen LogP contribution in [0, 0.1) is 19.8 Å². The first kappa shape index (κ1) is 53.5. The molecule has 2 fully saturated rings. The molecule has 8 rings (SSSR count). The van der Waals surface area contributed by atoms with Crippen LogP contribution in [0.3, 0.4) is 0 Å². The van der Waals surface area contributed by atoms with E-state index >= 15 is 0 Å². The van der Waals surface area contributed by atoms with Crippen molar-refractivity contribution in [3.63, 3.8) is 0 Å². The molecular formula is C51H66N14O7S2. The molecule has 0 bridgehead atoms. The predicted molar refractivity (Wildman–Crippen MR) is 286 cm³/mol. The number of amides is 5. The summed E-state index contributed by atoms with van der Waals surface area (Å²) in [7, 11) is 0. The normalized spacial score (nSPS) is 14.6. The number of nitrogens with two attached hydrogens (primary N) is 2. The van der Waals surface area contributed by atoms with Crippen LogP contribution in [0.2, 0.25) is 0 Å². The number of ether oxygens (including phenoxy) is 2. The molecule has 6 aromatic rings. The van der Waals surface area contributed by atoms with Crippen LogP contribution in [-0.4, -0.2) is 139 Å². The molecule has 0 saturated carbocycles. The van der Waals surface area contributed by atoms with E-state index in [0.717, 1.165) is 35.8 Å². The molecule has 23 heteroatoms. The quantitative estimate of drug-likeness (QED) is 0.0287. The van der Waals surface area contributed by atoms with Crippen molar-refractivity contribution in [1.82, 2.24) is 49.0 Å². The fourth-order valence-electron chi connectivity index (χ4n) is 9.51. The average molecular weight is 1050 g/mol. The zero-order valence-electron chi connectivity index (χ0n) is 42.7. The first-order valence-corrected chi connectivity index (χ1v) is 27.3. The number of aromatic nitrogens is 7. The van der Waals surface area contributed by atoms with Crippen LogP contribution >= 0.6 is 23.1 Å². The molecule has 21 nitrogen and oxygen atoms in total. The minimum atomic E-state index is -0.667. The third-order valence-electron chi connectivity index (χ3n) is 13.3. The third-order valence-corrected chi connectivity index (χ3v) is 15.1. The second-order valence-electron chi connectivity index (χ2n) is 18.4. The Morgan fingerprint density at radius 3 is 2.12 bits per heavy atom. The van der Waals surface area contributed by atoms with Gasteiger partial charge in [0.05, 0.1) is 46.2 Å². The first-order valence-electron chi connectivity index (χ1n) is 25.2. The Kier molecular flexibility index (Phi) is 17.7. The predicted octanol–water partition coefficient (Wildman–Crippen LogP) is 6.22. The van der Waals surface area contributed by atoms with Crippen LogP contribution in [0.5, 0.6) is 5.75 Å². The van der Waals surface area contributed by atoms with Crippen molar-refractivity contribution in [3.05, 3.63) is 80.6 Å². The van der Waals surface area contributed by atoms with E-state index < -0.39 is 17.7 Å². The van der Waals surface area contributed by atoms with Crippen molar-refractivity contribution in [1.29, 1.82) is 0 Å². The van der Waals surface area contributed by atoms with E-state index in [4.69, 9.17) is 30.9 Å². The van der Waals surface area contributed by atoms with Crippen LogP contribution < -0.4 is 32.2 Å². The Morgan fingerprint density at radius 2 is 1.47 bits per heavy atom. The molecule has 6 heterocycles. The van der Waals surface area contributed by atoms with Crippen LogP contribution in [0.15, 0.2) is 47.4 Å². The van der Waals surface area contributed by atoms with Crippen LogP contribution in [0.1, 0.15) is 103 Å². The number of nitrogens with zero attached hydrogens (tertiary/aromatic N) is 9. The van der Waals surface area contributed by atoms with E-state index in [9.17, 15) is 24.0 Å². The van der Waals surface area contributed by atoms with Gasteiger partial charge in [-0.1, -0.05) is 19.1 Å². The zero-order valence-corrected chi connectivity index (χ0v) is 44.3. The molecule has 7 N–H and O–H groups in total. The van der Waals surface area contributed by atoms with Gasteiger partial charge in [0.1, 0.15) is 21.8 Å². The van der Waals surface area contributed by atoms with Gasteiger partial charge in [0.25, 0.3) is 11.8 Å². The Labute approximate surface area is 437 Å². The number of fused-ring (bicyclic) bond motifs is 2. The number of anilines is 2. The summed E-state index contributed by atoms with van der Waals surface area (Å²) in [5.74, 6) is -0.546. The lowest BCUT2D eigenvalue weighted by Gasteiger charge is -2.34. The van der Waals surface area contributed by atoms with Gasteiger partial charge < -0.3 is 40.3 Å². The van der Waals surface area contributed by atoms with Crippen LogP contribution in [0.25, 0.3) is 22.1 Å². The van der Waals surface area contributed by atoms with Crippen molar-refractivity contribution in [2.24, 2.45) is 17.4 Å². The molecular weight excluding hydrogens is 985 g/mol. The molecule has 2 aliphatic heterocycles. The lowest BCUT2D eigenvalue weighted by molar-refractivity contribution is 0.0727. The van der Waals surface area contributed by atoms with Gasteiger partial charge in [-0.2, -0.15) is 5.10 Å². The molecule has 2 aromatic carbocycles. The van der Waals surface area contributed by atoms with Gasteiger partial charge in [-0.25, -0.2) is 19.7 Å². The van der Waals surface area contributed by atoms with Gasteiger partial charge in [0.2, 0.25) is 23.7 Å². The number of nitrogens with one attached hydrogen (secondary N) is 3. The lowest BCUT2D eigenvalue weighted by Crippen LogP contribution is -2.49. The number of carbonyl (C=O) groups excluding carboxylic acids is 5. The SMILES string of the molecule is CCc1nc(C)sc1C(=O)Nc1nc2cc(C(N)=O)cc(OCCCN3CCN(C(=O)OCCCC4CCNCC4)CC3)c2n1C/C=C/Cn1c(NC(=O)c2cc(C)nn2CC)nc2cc(C(N)=O)cc(SC)c21. The fraction of sp³-hybridized carbons (Fsp3) is 0.471. The molecule has 0 unspecified atom stereocenters. The summed E-state index contributed by atoms with van der Waals surface area (Å²) >= 11 is 2.71. The highest BCUT2D eigenvalue weighted by Crippen LogP contribution is 2.34. The second kappa shape index (κ2) is 24.5. The molecule has 4 aromatic heterocycles. The van der Waals surface area contributed by atoms with Gasteiger partial charge in [0.15, 0.2) is 0 Å². The number of piperidine rings is 1. The summed E-state index contributed by atoms with van der Waals surface area (Å²) in [6.07, 6.45) is 10.9. The van der Waals surface area contributed by atoms with E-state index in [0.29, 0.717) is 114 Å². The number of thioether (sulfide) groups is 1. The number of thiazole rings is 1. The number of primary amides is 2. The summed E-state index contributed by atoms with van der Waals surface area (Å²) < 4.78 is 17.4. The topological polar surface area (TPSA) is 265 Å². The standard InChI is InChI=1S/C51H66N14O7S2/c1-6-36-44(74-32(4)55-36)48(69)59-50-56-37-27-34(45(52)66)29-40(71-25-11-17-61-20-22-62(23-21-61)51(70)72-24-10-12-33-13-15-54-16-14-33)42(37)63(50)18-8-9-19-64-43-38(28-35(46(53)67)30-41(43)73-5)57-49(64)58-47(68)39-26-31(3)60-65(39)7-2/h8-9,26-30,33,54H,6-7,10-25H2,1-5H3,(H2,52,66)(H2,53,67)(H,56,59,69)(H,57,58,68)/b9-8+. The number of allylic oxidation sites excluding steroid dienone is 2. The number of aryl methyl sites for hydroxylation is 4. The Balaban J connectivity index is 1.02. The van der Waals surface area contributed by atoms with Gasteiger partial charge in [-0.05, 0) is 115 Å². The Hall–Kier alpha value is -6.82. The zero-order chi connectivity index (χ0) is 52.5. The molecule has 2 aliphatic rings. The molecule has 0 spiro atoms. The van der Waals surface area contributed by atoms with Crippen LogP contribution in [-0.2, 0) is 30.8 Å². The largest absolute Gasteiger partial charge is 0.491 e. The molecule has 5 amide bonds. The number of imidazole rings is 2. The average Bonchev–Trinajstić information content (AvgIpc) is 4.17. The minimum absolute atomic E-state index is 0.177. The second-order valence-corrected chi connectivity index (χ2v) is 20.5. The smallest absolute Gasteiger partial charge is 0.409 e. The number of rotatable bonds is 22. The van der Waals surface area contributed by atoms with Gasteiger partial charge in [-0.3, -0.25) is 39.4 Å². The summed E-state index contributed by atoms with van der Waals surface area (Å²) in [5.41, 5.74) is 15.8. The maximum Gasteiger partial charge on any atom is 0.409 e. The van der Waals surface area contributed by atoms with Crippen molar-refractivity contribution in [2.45, 2.75) is 90.7 Å². The third kappa shape index (κ3) is 12.6. The molecule has 394 valence electrons. The maximum atomic E-state index is 14.0. The molecule has 74 heavy (non-hydrogen) atoms. The first-order chi connectivity index (χ1) is 35.7. The van der Waals surface area contributed by atoms with Crippen molar-refractivity contribution < 1.29 is 33.4 Å². The summed E-state index contributed by atoms with van der Waals surface area (Å²) in [5, 5.41) is 14.6. The van der Waals surface area contributed by atoms with E-state index in [1.165, 1.54) is 35.9 Å². The number of hydrogen-bond acceptors (Lipinski definition) is 15. The number of piperazine rings is 1. The highest BCUT2D eigenvalue weighted by molar-refractivity contribution is 7.98. The lowest BCUT2D eigenvalue weighted by atomic mass is 9.93. The minimum Gasteiger partial charge on any atom is -0.491 e. The van der Waals surface area contributed by atoms with Crippen LogP contribution in [0.4, 0.5) is 16.7 Å². The van der Waals surface area contributed by atoms with E-state index in [2.05, 4.69) is 30.9 Å². The highest BCUT2D eigenvalue weighted by atomic mass is 32.2. The van der Waals surface area contributed by atoms with Crippen molar-refractivity contribution in [3.8, 4) is 5.75 Å². The van der Waals surface area contributed by atoms with E-state index in [1.807, 2.05) is 55.2 Å². The number of hydrogen-bond donors (Lipinski definition) is 5. The molecule has 0 aliphatic carbocycles. The number of benzene rings is 2. The number of carbonyl (C=O) groups is 5. The van der Waals surface area contributed by atoms with Crippen molar-refractivity contribution in [2.75, 3.05) is 75.9 Å². The van der Waals surface area contributed by atoms with Gasteiger partial charge in [-0.15, -0.1) is 23.1 Å². The summed E-state index contributed by atoms with van der Waals surface area (Å²) in [6.45, 7) is 14.5. The summed E-state index contributed by atoms with van der Waals surface area (Å²) in [4.78, 5) is 85.2. The molecule has 0 radical (unpaired) electrons. The van der Waals surface area contributed by atoms with E-state index in [-0.39, 0.29) is 54.7 Å². The molecule has 0 atom stereocenters. The Morgan fingerprint density at radius 1 is 0.824 bits per heavy atom. The maximum absolute atomic E-state index is 14.0. The monoisotopic (exact) mass is 1050 g/mol. The van der Waals surface area contributed by atoms with Crippen molar-refractivity contribution >= 4 is 86.8 Å². The van der Waals surface area contributed by atoms with Gasteiger partial charge in [0, 0.05) is 68.4 Å².